The lowest BCUT2D eigenvalue weighted by Crippen LogP contribution is -2.49. The average Bonchev–Trinajstić information content (AvgIpc) is 2.82. The van der Waals surface area contributed by atoms with Gasteiger partial charge in [0.25, 0.3) is 0 Å². The van der Waals surface area contributed by atoms with E-state index >= 15 is 0 Å². The van der Waals surface area contributed by atoms with Crippen molar-refractivity contribution in [2.45, 2.75) is 43.6 Å². The smallest absolute Gasteiger partial charge is 0.241 e. The summed E-state index contributed by atoms with van der Waals surface area (Å²) in [6.07, 6.45) is 1.78. The number of amides is 1. The first kappa shape index (κ1) is 14.6. The van der Waals surface area contributed by atoms with E-state index in [2.05, 4.69) is 25.2 Å². The molecule has 0 aromatic carbocycles. The average molecular weight is 276 g/mol. The van der Waals surface area contributed by atoms with E-state index in [1.165, 1.54) is 0 Å². The zero-order valence-corrected chi connectivity index (χ0v) is 11.7. The molecule has 2 fully saturated rings. The van der Waals surface area contributed by atoms with Crippen LogP contribution in [0.3, 0.4) is 0 Å². The molecule has 0 saturated carbocycles. The number of carbonyl (C=O) groups excluding carboxylic acids is 1. The molecule has 2 saturated heterocycles. The summed E-state index contributed by atoms with van der Waals surface area (Å²) in [6.45, 7) is 4.90. The number of nitrogens with one attached hydrogen (secondary N) is 1. The number of halogens is 1. The van der Waals surface area contributed by atoms with Crippen LogP contribution in [0.2, 0.25) is 0 Å². The Morgan fingerprint density at radius 1 is 1.59 bits per heavy atom. The van der Waals surface area contributed by atoms with Crippen molar-refractivity contribution in [3.63, 3.8) is 0 Å². The molecule has 0 radical (unpaired) electrons. The second-order valence-electron chi connectivity index (χ2n) is 4.84. The van der Waals surface area contributed by atoms with E-state index in [-0.39, 0.29) is 35.3 Å². The minimum Gasteiger partial charge on any atom is -0.325 e. The monoisotopic (exact) mass is 275 g/mol. The third-order valence-corrected chi connectivity index (χ3v) is 4.46. The van der Waals surface area contributed by atoms with E-state index in [0.29, 0.717) is 0 Å². The third-order valence-electron chi connectivity index (χ3n) is 3.12. The molecule has 0 spiro atoms. The summed E-state index contributed by atoms with van der Waals surface area (Å²) in [7, 11) is 0. The van der Waals surface area contributed by atoms with Gasteiger partial charge in [0, 0.05) is 12.3 Å². The van der Waals surface area contributed by atoms with Gasteiger partial charge in [0.2, 0.25) is 5.91 Å². The highest BCUT2D eigenvalue weighted by molar-refractivity contribution is 8.00. The third kappa shape index (κ3) is 3.06. The van der Waals surface area contributed by atoms with Crippen molar-refractivity contribution in [2.75, 3.05) is 12.3 Å². The Morgan fingerprint density at radius 3 is 2.82 bits per heavy atom. The Morgan fingerprint density at radius 2 is 2.29 bits per heavy atom. The van der Waals surface area contributed by atoms with E-state index in [0.717, 1.165) is 25.1 Å². The summed E-state index contributed by atoms with van der Waals surface area (Å²) in [5.74, 6) is 0.905. The van der Waals surface area contributed by atoms with Crippen molar-refractivity contribution in [2.24, 2.45) is 0 Å². The quantitative estimate of drug-likeness (QED) is 0.785. The molecular weight excluding hydrogens is 258 g/mol. The Kier molecular flexibility index (Phi) is 4.70. The van der Waals surface area contributed by atoms with Crippen LogP contribution in [0.1, 0.15) is 26.7 Å². The molecule has 2 rings (SSSR count). The Hall–Kier alpha value is -0.440. The molecule has 2 aliphatic rings. The van der Waals surface area contributed by atoms with Crippen LogP contribution in [0, 0.1) is 11.3 Å². The molecule has 0 bridgehead atoms. The zero-order valence-electron chi connectivity index (χ0n) is 10.1. The fourth-order valence-corrected chi connectivity index (χ4v) is 3.33. The maximum absolute atomic E-state index is 12.2. The van der Waals surface area contributed by atoms with Gasteiger partial charge in [-0.05, 0) is 26.7 Å². The zero-order chi connectivity index (χ0) is 11.8. The lowest BCUT2D eigenvalue weighted by atomic mass is 10.2. The summed E-state index contributed by atoms with van der Waals surface area (Å²) in [6, 6.07) is 1.89. The fourth-order valence-electron chi connectivity index (χ4n) is 2.29. The van der Waals surface area contributed by atoms with Gasteiger partial charge in [0.1, 0.15) is 6.04 Å². The minimum absolute atomic E-state index is 0. The molecular formula is C11H18ClN3OS. The molecule has 6 heteroatoms. The van der Waals surface area contributed by atoms with Crippen molar-refractivity contribution in [3.8, 4) is 6.07 Å². The van der Waals surface area contributed by atoms with E-state index in [1.54, 1.807) is 16.7 Å². The van der Waals surface area contributed by atoms with Gasteiger partial charge >= 0.3 is 0 Å². The topological polar surface area (TPSA) is 56.1 Å². The fraction of sp³-hybridized carbons (Fsp3) is 0.818. The van der Waals surface area contributed by atoms with Gasteiger partial charge in [-0.15, -0.1) is 24.2 Å². The second-order valence-corrected chi connectivity index (χ2v) is 6.48. The van der Waals surface area contributed by atoms with Crippen LogP contribution >= 0.6 is 24.2 Å². The molecule has 0 aliphatic carbocycles. The lowest BCUT2D eigenvalue weighted by molar-refractivity contribution is -0.132. The lowest BCUT2D eigenvalue weighted by Gasteiger charge is -2.24. The van der Waals surface area contributed by atoms with Crippen LogP contribution in [-0.2, 0) is 4.79 Å². The van der Waals surface area contributed by atoms with Gasteiger partial charge in [-0.1, -0.05) is 0 Å². The van der Waals surface area contributed by atoms with Crippen molar-refractivity contribution >= 4 is 30.1 Å². The van der Waals surface area contributed by atoms with Gasteiger partial charge < -0.3 is 4.90 Å². The molecule has 0 aromatic heterocycles. The standard InChI is InChI=1S/C11H17N3OS.ClH/c1-11(2)13-9(7-16-11)10(15)14-5-3-4-8(14)6-12;/h8-9,13H,3-5,7H2,1-2H3;1H/t8-,9-;/m0./s1. The SMILES string of the molecule is CC1(C)N[C@H](C(=O)N2CCC[C@H]2C#N)CS1.Cl. The van der Waals surface area contributed by atoms with E-state index < -0.39 is 0 Å². The highest BCUT2D eigenvalue weighted by Crippen LogP contribution is 2.30. The molecule has 4 nitrogen and oxygen atoms in total. The number of rotatable bonds is 1. The Labute approximate surface area is 113 Å². The predicted molar refractivity (Wildman–Crippen MR) is 71.1 cm³/mol. The van der Waals surface area contributed by atoms with Crippen molar-refractivity contribution in [1.82, 2.24) is 10.2 Å². The van der Waals surface area contributed by atoms with Crippen molar-refractivity contribution < 1.29 is 4.79 Å². The number of thioether (sulfide) groups is 1. The Balaban J connectivity index is 0.00000144. The summed E-state index contributed by atoms with van der Waals surface area (Å²) >= 11 is 1.76. The summed E-state index contributed by atoms with van der Waals surface area (Å²) in [5, 5.41) is 12.3. The molecule has 1 N–H and O–H groups in total. The first-order chi connectivity index (χ1) is 7.53. The van der Waals surface area contributed by atoms with Crippen LogP contribution in [0.15, 0.2) is 0 Å². The maximum atomic E-state index is 12.2. The molecule has 2 atom stereocenters. The van der Waals surface area contributed by atoms with Crippen molar-refractivity contribution in [3.05, 3.63) is 0 Å². The van der Waals surface area contributed by atoms with Crippen LogP contribution in [-0.4, -0.2) is 40.1 Å². The molecule has 2 heterocycles. The van der Waals surface area contributed by atoms with Crippen LogP contribution in [0.4, 0.5) is 0 Å². The summed E-state index contributed by atoms with van der Waals surface area (Å²) in [5.41, 5.74) is 0. The number of hydrogen-bond acceptors (Lipinski definition) is 4. The first-order valence-corrected chi connectivity index (χ1v) is 6.64. The number of hydrogen-bond donors (Lipinski definition) is 1. The van der Waals surface area contributed by atoms with Crippen LogP contribution in [0.5, 0.6) is 0 Å². The van der Waals surface area contributed by atoms with Gasteiger partial charge in [0.05, 0.1) is 17.0 Å². The maximum Gasteiger partial charge on any atom is 0.241 e. The highest BCUT2D eigenvalue weighted by Gasteiger charge is 2.39. The number of nitrogens with zero attached hydrogens (tertiary/aromatic N) is 2. The molecule has 1 amide bonds. The largest absolute Gasteiger partial charge is 0.325 e. The number of likely N-dealkylation sites (tertiary alicyclic amines) is 1. The molecule has 2 aliphatic heterocycles. The number of carbonyl (C=O) groups is 1. The van der Waals surface area contributed by atoms with E-state index in [9.17, 15) is 4.79 Å². The van der Waals surface area contributed by atoms with Crippen LogP contribution in [0.25, 0.3) is 0 Å². The molecule has 0 aromatic rings. The van der Waals surface area contributed by atoms with Gasteiger partial charge in [-0.25, -0.2) is 0 Å². The van der Waals surface area contributed by atoms with Crippen LogP contribution < -0.4 is 5.32 Å². The normalized spacial score (nSPS) is 30.8. The second kappa shape index (κ2) is 5.47. The van der Waals surface area contributed by atoms with Gasteiger partial charge in [0.15, 0.2) is 0 Å². The first-order valence-electron chi connectivity index (χ1n) is 5.65. The molecule has 96 valence electrons. The van der Waals surface area contributed by atoms with E-state index in [1.807, 2.05) is 0 Å². The van der Waals surface area contributed by atoms with Crippen molar-refractivity contribution in [1.29, 1.82) is 5.26 Å². The summed E-state index contributed by atoms with van der Waals surface area (Å²) in [4.78, 5) is 13.9. The van der Waals surface area contributed by atoms with E-state index in [4.69, 9.17) is 5.26 Å². The summed E-state index contributed by atoms with van der Waals surface area (Å²) < 4.78 is 0. The number of nitriles is 1. The van der Waals surface area contributed by atoms with Gasteiger partial charge in [-0.2, -0.15) is 5.26 Å². The minimum atomic E-state index is -0.206. The van der Waals surface area contributed by atoms with Gasteiger partial charge in [-0.3, -0.25) is 10.1 Å². The predicted octanol–water partition coefficient (Wildman–Crippen LogP) is 1.36. The molecule has 17 heavy (non-hydrogen) atoms. The Bertz CT molecular complexity index is 342. The molecule has 0 unspecified atom stereocenters. The highest BCUT2D eigenvalue weighted by atomic mass is 35.5.